The first kappa shape index (κ1) is 8.50. The van der Waals surface area contributed by atoms with Gasteiger partial charge in [0.25, 0.3) is 0 Å². The van der Waals surface area contributed by atoms with Crippen LogP contribution in [0.2, 0.25) is 10.2 Å². The smallest absolute Gasteiger partial charge is 0.178 e. The molecule has 0 unspecified atom stereocenters. The first-order chi connectivity index (χ1) is 5.09. The maximum Gasteiger partial charge on any atom is 0.178 e. The van der Waals surface area contributed by atoms with Gasteiger partial charge in [0.15, 0.2) is 5.78 Å². The molecule has 0 atom stereocenters. The van der Waals surface area contributed by atoms with Gasteiger partial charge in [-0.1, -0.05) is 23.2 Å². The molecule has 0 spiro atoms. The summed E-state index contributed by atoms with van der Waals surface area (Å²) in [4.78, 5) is 14.5. The zero-order valence-corrected chi connectivity index (χ0v) is 7.28. The van der Waals surface area contributed by atoms with Crippen molar-refractivity contribution in [1.29, 1.82) is 0 Å². The second-order valence-electron chi connectivity index (χ2n) is 2.05. The monoisotopic (exact) mass is 189 g/mol. The normalized spacial score (nSPS) is 9.73. The number of carbonyl (C=O) groups excluding carboxylic acids is 1. The van der Waals surface area contributed by atoms with E-state index in [0.717, 1.165) is 0 Å². The summed E-state index contributed by atoms with van der Waals surface area (Å²) in [5.74, 6) is -0.144. The summed E-state index contributed by atoms with van der Waals surface area (Å²) in [5, 5.41) is 0.665. The van der Waals surface area contributed by atoms with Gasteiger partial charge in [0.2, 0.25) is 0 Å². The predicted octanol–water partition coefficient (Wildman–Crippen LogP) is 2.59. The van der Waals surface area contributed by atoms with Gasteiger partial charge >= 0.3 is 0 Å². The number of ketones is 1. The Hall–Kier alpha value is -0.600. The lowest BCUT2D eigenvalue weighted by Gasteiger charge is -1.95. The zero-order valence-electron chi connectivity index (χ0n) is 5.77. The van der Waals surface area contributed by atoms with Gasteiger partial charge in [0, 0.05) is 11.9 Å². The highest BCUT2D eigenvalue weighted by atomic mass is 35.5. The average Bonchev–Trinajstić information content (AvgIpc) is 1.85. The highest BCUT2D eigenvalue weighted by Crippen LogP contribution is 2.15. The number of carbonyl (C=O) groups is 1. The van der Waals surface area contributed by atoms with Crippen molar-refractivity contribution >= 4 is 29.0 Å². The lowest BCUT2D eigenvalue weighted by Crippen LogP contribution is -1.95. The summed E-state index contributed by atoms with van der Waals surface area (Å²) in [5.41, 5.74) is 0.294. The number of hydrogen-bond acceptors (Lipinski definition) is 2. The SMILES string of the molecule is CC(=O)c1cc(Cl)cc(Cl)n1. The van der Waals surface area contributed by atoms with Crippen LogP contribution in [0.25, 0.3) is 0 Å². The van der Waals surface area contributed by atoms with Crippen molar-refractivity contribution in [3.63, 3.8) is 0 Å². The Morgan fingerprint density at radius 3 is 2.55 bits per heavy atom. The van der Waals surface area contributed by atoms with Crippen molar-refractivity contribution in [3.05, 3.63) is 28.0 Å². The van der Waals surface area contributed by atoms with Crippen LogP contribution in [0.4, 0.5) is 0 Å². The Morgan fingerprint density at radius 2 is 2.09 bits per heavy atom. The van der Waals surface area contributed by atoms with E-state index in [-0.39, 0.29) is 10.9 Å². The molecule has 0 aliphatic rings. The maximum atomic E-state index is 10.8. The van der Waals surface area contributed by atoms with Gasteiger partial charge < -0.3 is 0 Å². The molecule has 1 heterocycles. The van der Waals surface area contributed by atoms with E-state index in [9.17, 15) is 4.79 Å². The minimum Gasteiger partial charge on any atom is -0.293 e. The van der Waals surface area contributed by atoms with E-state index in [0.29, 0.717) is 10.7 Å². The molecular weight excluding hydrogens is 185 g/mol. The van der Waals surface area contributed by atoms with E-state index in [2.05, 4.69) is 4.98 Å². The highest BCUT2D eigenvalue weighted by Gasteiger charge is 2.03. The van der Waals surface area contributed by atoms with Crippen molar-refractivity contribution in [2.24, 2.45) is 0 Å². The second-order valence-corrected chi connectivity index (χ2v) is 2.87. The van der Waals surface area contributed by atoms with E-state index >= 15 is 0 Å². The van der Waals surface area contributed by atoms with Gasteiger partial charge in [-0.25, -0.2) is 4.98 Å². The van der Waals surface area contributed by atoms with E-state index in [1.165, 1.54) is 19.1 Å². The van der Waals surface area contributed by atoms with E-state index in [4.69, 9.17) is 23.2 Å². The minimum absolute atomic E-state index is 0.144. The summed E-state index contributed by atoms with van der Waals surface area (Å²) >= 11 is 11.2. The zero-order chi connectivity index (χ0) is 8.43. The molecule has 0 saturated heterocycles. The molecule has 58 valence electrons. The first-order valence-corrected chi connectivity index (χ1v) is 3.69. The Labute approximate surface area is 74.1 Å². The third-order valence-corrected chi connectivity index (χ3v) is 1.53. The van der Waals surface area contributed by atoms with Crippen molar-refractivity contribution < 1.29 is 4.79 Å². The molecule has 4 heteroatoms. The van der Waals surface area contributed by atoms with Gasteiger partial charge in [-0.2, -0.15) is 0 Å². The van der Waals surface area contributed by atoms with E-state index in [1.807, 2.05) is 0 Å². The number of aromatic nitrogens is 1. The van der Waals surface area contributed by atoms with Crippen LogP contribution in [0.3, 0.4) is 0 Å². The van der Waals surface area contributed by atoms with Crippen LogP contribution in [0.15, 0.2) is 12.1 Å². The van der Waals surface area contributed by atoms with Crippen LogP contribution in [0.1, 0.15) is 17.4 Å². The van der Waals surface area contributed by atoms with E-state index < -0.39 is 0 Å². The van der Waals surface area contributed by atoms with E-state index in [1.54, 1.807) is 0 Å². The summed E-state index contributed by atoms with van der Waals surface area (Å²) in [6, 6.07) is 2.96. The standard InChI is InChI=1S/C7H5Cl2NO/c1-4(11)6-2-5(8)3-7(9)10-6/h2-3H,1H3. The van der Waals surface area contributed by atoms with Crippen molar-refractivity contribution in [2.75, 3.05) is 0 Å². The van der Waals surface area contributed by atoms with Gasteiger partial charge in [-0.05, 0) is 12.1 Å². The number of halogens is 2. The fourth-order valence-corrected chi connectivity index (χ4v) is 1.12. The second kappa shape index (κ2) is 3.20. The number of rotatable bonds is 1. The molecule has 0 radical (unpaired) electrons. The Kier molecular flexibility index (Phi) is 2.47. The third kappa shape index (κ3) is 2.17. The van der Waals surface area contributed by atoms with Crippen LogP contribution < -0.4 is 0 Å². The number of nitrogens with zero attached hydrogens (tertiary/aromatic N) is 1. The van der Waals surface area contributed by atoms with Gasteiger partial charge in [0.05, 0.1) is 0 Å². The molecule has 0 fully saturated rings. The van der Waals surface area contributed by atoms with Crippen LogP contribution in [0, 0.1) is 0 Å². The van der Waals surface area contributed by atoms with Gasteiger partial charge in [-0.15, -0.1) is 0 Å². The molecule has 0 bridgehead atoms. The Balaban J connectivity index is 3.19. The summed E-state index contributed by atoms with van der Waals surface area (Å²) in [6.07, 6.45) is 0. The predicted molar refractivity (Wildman–Crippen MR) is 44.3 cm³/mol. The molecular formula is C7H5Cl2NO. The molecule has 0 aliphatic carbocycles. The van der Waals surface area contributed by atoms with Gasteiger partial charge in [-0.3, -0.25) is 4.79 Å². The fourth-order valence-electron chi connectivity index (χ4n) is 0.646. The van der Waals surface area contributed by atoms with Crippen LogP contribution in [-0.4, -0.2) is 10.8 Å². The Bertz CT molecular complexity index is 278. The molecule has 0 N–H and O–H groups in total. The molecule has 0 aromatic carbocycles. The van der Waals surface area contributed by atoms with Crippen molar-refractivity contribution in [2.45, 2.75) is 6.92 Å². The quantitative estimate of drug-likeness (QED) is 0.503. The number of Topliss-reactive ketones (excluding diaryl/α,β-unsaturated/α-hetero) is 1. The molecule has 0 amide bonds. The highest BCUT2D eigenvalue weighted by molar-refractivity contribution is 6.34. The molecule has 0 aliphatic heterocycles. The van der Waals surface area contributed by atoms with Gasteiger partial charge in [0.1, 0.15) is 10.8 Å². The maximum absolute atomic E-state index is 10.8. The largest absolute Gasteiger partial charge is 0.293 e. The summed E-state index contributed by atoms with van der Waals surface area (Å²) in [7, 11) is 0. The molecule has 1 rings (SSSR count). The van der Waals surface area contributed by atoms with Crippen molar-refractivity contribution in [3.8, 4) is 0 Å². The van der Waals surface area contributed by atoms with Crippen LogP contribution >= 0.6 is 23.2 Å². The number of hydrogen-bond donors (Lipinski definition) is 0. The average molecular weight is 190 g/mol. The first-order valence-electron chi connectivity index (χ1n) is 2.93. The lowest BCUT2D eigenvalue weighted by atomic mass is 10.3. The Morgan fingerprint density at radius 1 is 1.45 bits per heavy atom. The fraction of sp³-hybridized carbons (Fsp3) is 0.143. The topological polar surface area (TPSA) is 30.0 Å². The molecule has 11 heavy (non-hydrogen) atoms. The lowest BCUT2D eigenvalue weighted by molar-refractivity contribution is 0.101. The van der Waals surface area contributed by atoms with Crippen LogP contribution in [-0.2, 0) is 0 Å². The summed E-state index contributed by atoms with van der Waals surface area (Å²) < 4.78 is 0. The molecule has 2 nitrogen and oxygen atoms in total. The molecule has 1 aromatic heterocycles. The third-order valence-electron chi connectivity index (χ3n) is 1.12. The molecule has 1 aromatic rings. The van der Waals surface area contributed by atoms with Crippen LogP contribution in [0.5, 0.6) is 0 Å². The minimum atomic E-state index is -0.144. The number of pyridine rings is 1. The summed E-state index contributed by atoms with van der Waals surface area (Å²) in [6.45, 7) is 1.41. The molecule has 0 saturated carbocycles. The van der Waals surface area contributed by atoms with Crippen molar-refractivity contribution in [1.82, 2.24) is 4.98 Å².